The summed E-state index contributed by atoms with van der Waals surface area (Å²) in [4.78, 5) is 28.0. The average molecular weight is 495 g/mol. The number of hydrogen-bond acceptors (Lipinski definition) is 6. The van der Waals surface area contributed by atoms with E-state index >= 15 is 0 Å². The monoisotopic (exact) mass is 494 g/mol. The summed E-state index contributed by atoms with van der Waals surface area (Å²) in [5.74, 6) is 1.76. The van der Waals surface area contributed by atoms with Gasteiger partial charge in [-0.2, -0.15) is 5.10 Å². The lowest BCUT2D eigenvalue weighted by Crippen LogP contribution is -2.35. The van der Waals surface area contributed by atoms with Crippen molar-refractivity contribution in [2.75, 3.05) is 31.1 Å². The van der Waals surface area contributed by atoms with E-state index in [4.69, 9.17) is 15.1 Å². The minimum absolute atomic E-state index is 0.112. The molecule has 7 nitrogen and oxygen atoms in total. The molecule has 4 heterocycles. The molecule has 0 atom stereocenters. The molecular formula is C28H26N6OS. The van der Waals surface area contributed by atoms with Crippen LogP contribution in [0.3, 0.4) is 0 Å². The van der Waals surface area contributed by atoms with Crippen LogP contribution in [0, 0.1) is 0 Å². The van der Waals surface area contributed by atoms with Crippen molar-refractivity contribution in [3.63, 3.8) is 0 Å². The van der Waals surface area contributed by atoms with Crippen LogP contribution in [0.1, 0.15) is 27.5 Å². The molecular weight excluding hydrogens is 468 g/mol. The number of fused-ring (bicyclic) bond motifs is 1. The fourth-order valence-corrected chi connectivity index (χ4v) is 5.37. The van der Waals surface area contributed by atoms with Crippen LogP contribution in [0.2, 0.25) is 0 Å². The maximum Gasteiger partial charge on any atom is 0.263 e. The van der Waals surface area contributed by atoms with Gasteiger partial charge in [0.05, 0.1) is 22.1 Å². The predicted octanol–water partition coefficient (Wildman–Crippen LogP) is 4.82. The molecule has 1 aliphatic rings. The molecule has 180 valence electrons. The highest BCUT2D eigenvalue weighted by Crippen LogP contribution is 2.28. The fourth-order valence-electron chi connectivity index (χ4n) is 4.68. The van der Waals surface area contributed by atoms with Crippen molar-refractivity contribution >= 4 is 34.1 Å². The van der Waals surface area contributed by atoms with Crippen LogP contribution in [0.5, 0.6) is 0 Å². The van der Waals surface area contributed by atoms with Crippen molar-refractivity contribution in [2.45, 2.75) is 12.8 Å². The second-order valence-corrected chi connectivity index (χ2v) is 9.81. The molecule has 3 aromatic heterocycles. The van der Waals surface area contributed by atoms with E-state index in [1.165, 1.54) is 11.3 Å². The molecule has 0 spiro atoms. The zero-order valence-corrected chi connectivity index (χ0v) is 20.6. The van der Waals surface area contributed by atoms with Gasteiger partial charge in [0.15, 0.2) is 5.65 Å². The molecule has 6 rings (SSSR count). The third-order valence-corrected chi connectivity index (χ3v) is 7.33. The Hall–Kier alpha value is -4.04. The van der Waals surface area contributed by atoms with E-state index in [1.807, 2.05) is 81.8 Å². The minimum Gasteiger partial charge on any atom is -0.354 e. The number of carbonyl (C=O) groups is 1. The number of para-hydroxylation sites is 1. The second-order valence-electron chi connectivity index (χ2n) is 8.87. The van der Waals surface area contributed by atoms with Crippen molar-refractivity contribution < 1.29 is 4.79 Å². The Labute approximate surface area is 213 Å². The van der Waals surface area contributed by atoms with E-state index in [9.17, 15) is 4.79 Å². The van der Waals surface area contributed by atoms with Gasteiger partial charge >= 0.3 is 0 Å². The summed E-state index contributed by atoms with van der Waals surface area (Å²) in [6, 6.07) is 24.2. The lowest BCUT2D eigenvalue weighted by molar-refractivity contribution is 0.0772. The van der Waals surface area contributed by atoms with E-state index < -0.39 is 0 Å². The van der Waals surface area contributed by atoms with Gasteiger partial charge in [0.1, 0.15) is 11.6 Å². The van der Waals surface area contributed by atoms with E-state index in [1.54, 1.807) is 0 Å². The van der Waals surface area contributed by atoms with Crippen LogP contribution in [0.15, 0.2) is 84.4 Å². The van der Waals surface area contributed by atoms with E-state index in [-0.39, 0.29) is 5.91 Å². The first-order chi connectivity index (χ1) is 17.8. The fraction of sp³-hybridized carbons (Fsp3) is 0.214. The molecule has 8 heteroatoms. The number of aromatic nitrogens is 4. The van der Waals surface area contributed by atoms with Crippen LogP contribution in [0.4, 0.5) is 5.82 Å². The zero-order chi connectivity index (χ0) is 24.3. The van der Waals surface area contributed by atoms with Crippen LogP contribution in [0.25, 0.3) is 16.7 Å². The maximum absolute atomic E-state index is 13.0. The van der Waals surface area contributed by atoms with Gasteiger partial charge in [-0.3, -0.25) is 4.79 Å². The van der Waals surface area contributed by atoms with Gasteiger partial charge in [-0.05, 0) is 35.6 Å². The SMILES string of the molecule is O=C(c1cccs1)N1CCCN(c2nc(Cc3ccccc3)nc3c2cnn3-c2ccccc2)CC1. The third kappa shape index (κ3) is 4.47. The van der Waals surface area contributed by atoms with Crippen molar-refractivity contribution in [1.29, 1.82) is 0 Å². The quantitative estimate of drug-likeness (QED) is 0.350. The molecule has 2 aromatic carbocycles. The summed E-state index contributed by atoms with van der Waals surface area (Å²) < 4.78 is 1.89. The standard InChI is InChI=1S/C28H26N6OS/c35-28(24-13-7-18-36-24)33-15-8-14-32(16-17-33)26-23-20-29-34(22-11-5-2-6-12-22)27(23)31-25(30-26)19-21-9-3-1-4-10-21/h1-7,9-13,18,20H,8,14-17,19H2. The number of thiophene rings is 1. The summed E-state index contributed by atoms with van der Waals surface area (Å²) in [7, 11) is 0. The first-order valence-electron chi connectivity index (χ1n) is 12.2. The number of hydrogen-bond donors (Lipinski definition) is 0. The predicted molar refractivity (Wildman–Crippen MR) is 143 cm³/mol. The Bertz CT molecular complexity index is 1470. The van der Waals surface area contributed by atoms with Crippen LogP contribution < -0.4 is 4.90 Å². The number of amides is 1. The molecule has 0 radical (unpaired) electrons. The zero-order valence-electron chi connectivity index (χ0n) is 19.8. The van der Waals surface area contributed by atoms with E-state index in [2.05, 4.69) is 17.0 Å². The topological polar surface area (TPSA) is 67.2 Å². The molecule has 1 amide bonds. The number of rotatable bonds is 5. The molecule has 0 saturated carbocycles. The summed E-state index contributed by atoms with van der Waals surface area (Å²) in [6.07, 6.45) is 3.38. The highest BCUT2D eigenvalue weighted by atomic mass is 32.1. The van der Waals surface area contributed by atoms with Crippen molar-refractivity contribution in [2.24, 2.45) is 0 Å². The Morgan fingerprint density at radius 2 is 1.67 bits per heavy atom. The normalized spacial score (nSPS) is 14.2. The van der Waals surface area contributed by atoms with Gasteiger partial charge in [0, 0.05) is 32.6 Å². The van der Waals surface area contributed by atoms with E-state index in [0.717, 1.165) is 58.3 Å². The highest BCUT2D eigenvalue weighted by molar-refractivity contribution is 7.12. The molecule has 36 heavy (non-hydrogen) atoms. The smallest absolute Gasteiger partial charge is 0.263 e. The Morgan fingerprint density at radius 3 is 2.44 bits per heavy atom. The van der Waals surface area contributed by atoms with Gasteiger partial charge in [0.25, 0.3) is 5.91 Å². The summed E-state index contributed by atoms with van der Waals surface area (Å²) >= 11 is 1.50. The Morgan fingerprint density at radius 1 is 0.861 bits per heavy atom. The number of carbonyl (C=O) groups excluding carboxylic acids is 1. The first kappa shape index (κ1) is 22.4. The molecule has 1 saturated heterocycles. The number of nitrogens with zero attached hydrogens (tertiary/aromatic N) is 6. The van der Waals surface area contributed by atoms with Crippen molar-refractivity contribution in [3.05, 3.63) is 101 Å². The van der Waals surface area contributed by atoms with Gasteiger partial charge < -0.3 is 9.80 Å². The van der Waals surface area contributed by atoms with Crippen molar-refractivity contribution in [3.8, 4) is 5.69 Å². The maximum atomic E-state index is 13.0. The van der Waals surface area contributed by atoms with Crippen LogP contribution in [-0.2, 0) is 6.42 Å². The van der Waals surface area contributed by atoms with Gasteiger partial charge in [0.2, 0.25) is 0 Å². The largest absolute Gasteiger partial charge is 0.354 e. The van der Waals surface area contributed by atoms with Gasteiger partial charge in [-0.15, -0.1) is 11.3 Å². The van der Waals surface area contributed by atoms with E-state index in [0.29, 0.717) is 19.5 Å². The number of benzene rings is 2. The first-order valence-corrected chi connectivity index (χ1v) is 13.1. The molecule has 0 aliphatic carbocycles. The summed E-state index contributed by atoms with van der Waals surface area (Å²) in [5, 5.41) is 7.57. The molecule has 0 bridgehead atoms. The second kappa shape index (κ2) is 9.91. The highest BCUT2D eigenvalue weighted by Gasteiger charge is 2.24. The lowest BCUT2D eigenvalue weighted by atomic mass is 10.1. The third-order valence-electron chi connectivity index (χ3n) is 6.48. The molecule has 1 fully saturated rings. The molecule has 0 unspecified atom stereocenters. The van der Waals surface area contributed by atoms with Crippen LogP contribution in [-0.4, -0.2) is 56.7 Å². The van der Waals surface area contributed by atoms with Gasteiger partial charge in [-0.1, -0.05) is 54.6 Å². The summed E-state index contributed by atoms with van der Waals surface area (Å²) in [5.41, 5.74) is 2.93. The minimum atomic E-state index is 0.112. The Balaban J connectivity index is 1.36. The van der Waals surface area contributed by atoms with Gasteiger partial charge in [-0.25, -0.2) is 14.6 Å². The Kier molecular flexibility index (Phi) is 6.17. The molecule has 0 N–H and O–H groups in total. The lowest BCUT2D eigenvalue weighted by Gasteiger charge is -2.23. The summed E-state index contributed by atoms with van der Waals surface area (Å²) in [6.45, 7) is 2.93. The molecule has 1 aliphatic heterocycles. The van der Waals surface area contributed by atoms with Crippen molar-refractivity contribution in [1.82, 2.24) is 24.6 Å². The molecule has 5 aromatic rings. The van der Waals surface area contributed by atoms with Crippen LogP contribution >= 0.6 is 11.3 Å². The number of anilines is 1. The average Bonchev–Trinajstić information content (AvgIpc) is 3.54.